The Balaban J connectivity index is 1.84. The summed E-state index contributed by atoms with van der Waals surface area (Å²) < 4.78 is 1.99. The monoisotopic (exact) mass is 241 g/mol. The van der Waals surface area contributed by atoms with Crippen LogP contribution in [0.15, 0.2) is 36.5 Å². The first kappa shape index (κ1) is 11.5. The number of aromatic nitrogens is 2. The first-order chi connectivity index (χ1) is 8.83. The molecular weight excluding hydrogens is 222 g/mol. The van der Waals surface area contributed by atoms with E-state index in [-0.39, 0.29) is 0 Å². The summed E-state index contributed by atoms with van der Waals surface area (Å²) in [6, 6.07) is 10.6. The number of aryl methyl sites for hydroxylation is 1. The molecule has 0 aliphatic carbocycles. The maximum atomic E-state index is 4.73. The molecule has 0 atom stereocenters. The molecule has 18 heavy (non-hydrogen) atoms. The SMILES string of the molecule is Cc1cccc(-n2ccc(C3CCNCC3)n2)c1. The number of nitrogens with zero attached hydrogens (tertiary/aromatic N) is 2. The summed E-state index contributed by atoms with van der Waals surface area (Å²) in [5, 5.41) is 8.13. The first-order valence-corrected chi connectivity index (χ1v) is 6.66. The van der Waals surface area contributed by atoms with Gasteiger partial charge in [0.15, 0.2) is 0 Å². The second-order valence-electron chi connectivity index (χ2n) is 5.05. The quantitative estimate of drug-likeness (QED) is 0.876. The highest BCUT2D eigenvalue weighted by Crippen LogP contribution is 2.24. The summed E-state index contributed by atoms with van der Waals surface area (Å²) in [6.07, 6.45) is 4.47. The second-order valence-corrected chi connectivity index (χ2v) is 5.05. The van der Waals surface area contributed by atoms with Crippen LogP contribution in [0.1, 0.15) is 30.0 Å². The zero-order chi connectivity index (χ0) is 12.4. The minimum absolute atomic E-state index is 0.623. The summed E-state index contributed by atoms with van der Waals surface area (Å²) >= 11 is 0. The Bertz CT molecular complexity index is 524. The molecule has 1 aliphatic rings. The highest BCUT2D eigenvalue weighted by atomic mass is 15.3. The van der Waals surface area contributed by atoms with E-state index in [1.807, 2.05) is 4.68 Å². The standard InChI is InChI=1S/C15H19N3/c1-12-3-2-4-14(11-12)18-10-7-15(17-18)13-5-8-16-9-6-13/h2-4,7,10-11,13,16H,5-6,8-9H2,1H3. The maximum absolute atomic E-state index is 4.73. The fraction of sp³-hybridized carbons (Fsp3) is 0.400. The molecule has 0 unspecified atom stereocenters. The molecule has 2 heterocycles. The summed E-state index contributed by atoms with van der Waals surface area (Å²) in [7, 11) is 0. The third-order valence-electron chi connectivity index (χ3n) is 3.63. The van der Waals surface area contributed by atoms with Gasteiger partial charge in [-0.2, -0.15) is 5.10 Å². The van der Waals surface area contributed by atoms with Crippen molar-refractivity contribution in [2.75, 3.05) is 13.1 Å². The molecule has 2 aromatic rings. The molecule has 3 heteroatoms. The molecule has 0 bridgehead atoms. The fourth-order valence-corrected chi connectivity index (χ4v) is 2.59. The van der Waals surface area contributed by atoms with Gasteiger partial charge in [0.1, 0.15) is 0 Å². The highest BCUT2D eigenvalue weighted by molar-refractivity contribution is 5.34. The molecule has 0 spiro atoms. The fourth-order valence-electron chi connectivity index (χ4n) is 2.59. The molecule has 0 radical (unpaired) electrons. The maximum Gasteiger partial charge on any atom is 0.0660 e. The van der Waals surface area contributed by atoms with Crippen LogP contribution in [0, 0.1) is 6.92 Å². The van der Waals surface area contributed by atoms with E-state index in [9.17, 15) is 0 Å². The number of nitrogens with one attached hydrogen (secondary N) is 1. The normalized spacial score (nSPS) is 16.9. The van der Waals surface area contributed by atoms with Gasteiger partial charge in [0.25, 0.3) is 0 Å². The topological polar surface area (TPSA) is 29.9 Å². The van der Waals surface area contributed by atoms with Gasteiger partial charge in [-0.3, -0.25) is 0 Å². The molecule has 1 saturated heterocycles. The molecule has 1 aromatic carbocycles. The van der Waals surface area contributed by atoms with Crippen LogP contribution in [0.4, 0.5) is 0 Å². The Morgan fingerprint density at radius 3 is 2.83 bits per heavy atom. The van der Waals surface area contributed by atoms with Crippen LogP contribution in [0.3, 0.4) is 0 Å². The third kappa shape index (κ3) is 2.31. The van der Waals surface area contributed by atoms with Gasteiger partial charge in [-0.05, 0) is 56.6 Å². The summed E-state index contributed by atoms with van der Waals surface area (Å²) in [6.45, 7) is 4.34. The number of rotatable bonds is 2. The van der Waals surface area contributed by atoms with Gasteiger partial charge in [-0.25, -0.2) is 4.68 Å². The van der Waals surface area contributed by atoms with E-state index >= 15 is 0 Å². The van der Waals surface area contributed by atoms with Gasteiger partial charge in [0.2, 0.25) is 0 Å². The minimum Gasteiger partial charge on any atom is -0.317 e. The molecule has 3 rings (SSSR count). The Morgan fingerprint density at radius 1 is 1.22 bits per heavy atom. The van der Waals surface area contributed by atoms with E-state index in [2.05, 4.69) is 48.8 Å². The van der Waals surface area contributed by atoms with Crippen molar-refractivity contribution in [2.24, 2.45) is 0 Å². The molecule has 3 nitrogen and oxygen atoms in total. The van der Waals surface area contributed by atoms with Gasteiger partial charge in [-0.15, -0.1) is 0 Å². The van der Waals surface area contributed by atoms with Gasteiger partial charge < -0.3 is 5.32 Å². The van der Waals surface area contributed by atoms with Crippen molar-refractivity contribution in [2.45, 2.75) is 25.7 Å². The van der Waals surface area contributed by atoms with Crippen LogP contribution in [-0.4, -0.2) is 22.9 Å². The zero-order valence-electron chi connectivity index (χ0n) is 10.8. The largest absolute Gasteiger partial charge is 0.317 e. The van der Waals surface area contributed by atoms with Gasteiger partial charge in [0.05, 0.1) is 11.4 Å². The third-order valence-corrected chi connectivity index (χ3v) is 3.63. The van der Waals surface area contributed by atoms with Crippen LogP contribution in [-0.2, 0) is 0 Å². The molecule has 1 aromatic heterocycles. The van der Waals surface area contributed by atoms with Crippen molar-refractivity contribution in [3.8, 4) is 5.69 Å². The lowest BCUT2D eigenvalue weighted by Gasteiger charge is -2.20. The lowest BCUT2D eigenvalue weighted by molar-refractivity contribution is 0.451. The van der Waals surface area contributed by atoms with E-state index in [4.69, 9.17) is 5.10 Å². The predicted molar refractivity (Wildman–Crippen MR) is 73.1 cm³/mol. The molecule has 0 saturated carbocycles. The highest BCUT2D eigenvalue weighted by Gasteiger charge is 2.17. The summed E-state index contributed by atoms with van der Waals surface area (Å²) in [4.78, 5) is 0. The number of hydrogen-bond donors (Lipinski definition) is 1. The van der Waals surface area contributed by atoms with Crippen molar-refractivity contribution < 1.29 is 0 Å². The number of hydrogen-bond acceptors (Lipinski definition) is 2. The van der Waals surface area contributed by atoms with Crippen molar-refractivity contribution in [1.82, 2.24) is 15.1 Å². The van der Waals surface area contributed by atoms with Gasteiger partial charge >= 0.3 is 0 Å². The molecule has 94 valence electrons. The van der Waals surface area contributed by atoms with E-state index in [1.165, 1.54) is 24.1 Å². The second kappa shape index (κ2) is 4.94. The number of benzene rings is 1. The summed E-state index contributed by atoms with van der Waals surface area (Å²) in [5.74, 6) is 0.623. The van der Waals surface area contributed by atoms with Crippen LogP contribution < -0.4 is 5.32 Å². The van der Waals surface area contributed by atoms with E-state index in [0.29, 0.717) is 5.92 Å². The first-order valence-electron chi connectivity index (χ1n) is 6.66. The van der Waals surface area contributed by atoms with Crippen LogP contribution in [0.5, 0.6) is 0 Å². The summed E-state index contributed by atoms with van der Waals surface area (Å²) in [5.41, 5.74) is 3.65. The van der Waals surface area contributed by atoms with Crippen LogP contribution >= 0.6 is 0 Å². The number of piperidine rings is 1. The Hall–Kier alpha value is -1.61. The van der Waals surface area contributed by atoms with Crippen molar-refractivity contribution in [1.29, 1.82) is 0 Å². The molecule has 1 fully saturated rings. The average Bonchev–Trinajstić information content (AvgIpc) is 2.89. The Morgan fingerprint density at radius 2 is 2.06 bits per heavy atom. The molecular formula is C15H19N3. The minimum atomic E-state index is 0.623. The van der Waals surface area contributed by atoms with Crippen LogP contribution in [0.2, 0.25) is 0 Å². The van der Waals surface area contributed by atoms with Crippen molar-refractivity contribution in [3.05, 3.63) is 47.8 Å². The lowest BCUT2D eigenvalue weighted by Crippen LogP contribution is -2.26. The van der Waals surface area contributed by atoms with E-state index in [0.717, 1.165) is 18.8 Å². The Labute approximate surface area is 108 Å². The molecule has 0 amide bonds. The van der Waals surface area contributed by atoms with E-state index < -0.39 is 0 Å². The lowest BCUT2D eigenvalue weighted by atomic mass is 9.95. The molecule has 1 N–H and O–H groups in total. The van der Waals surface area contributed by atoms with Crippen molar-refractivity contribution >= 4 is 0 Å². The molecule has 1 aliphatic heterocycles. The zero-order valence-corrected chi connectivity index (χ0v) is 10.8. The van der Waals surface area contributed by atoms with Crippen molar-refractivity contribution in [3.63, 3.8) is 0 Å². The van der Waals surface area contributed by atoms with Crippen LogP contribution in [0.25, 0.3) is 5.69 Å². The van der Waals surface area contributed by atoms with Gasteiger partial charge in [-0.1, -0.05) is 12.1 Å². The Kier molecular flexibility index (Phi) is 3.15. The predicted octanol–water partition coefficient (Wildman–Crippen LogP) is 2.65. The van der Waals surface area contributed by atoms with Gasteiger partial charge in [0, 0.05) is 12.1 Å². The average molecular weight is 241 g/mol. The smallest absolute Gasteiger partial charge is 0.0660 e. The van der Waals surface area contributed by atoms with E-state index in [1.54, 1.807) is 0 Å².